The summed E-state index contributed by atoms with van der Waals surface area (Å²) in [7, 11) is -0.695. The number of sulfone groups is 1. The van der Waals surface area contributed by atoms with Crippen molar-refractivity contribution in [3.8, 4) is 11.5 Å². The highest BCUT2D eigenvalue weighted by molar-refractivity contribution is 7.91. The second-order valence-corrected chi connectivity index (χ2v) is 9.13. The number of aryl methyl sites for hydroxylation is 1. The molecule has 4 rings (SSSR count). The van der Waals surface area contributed by atoms with Crippen LogP contribution >= 0.6 is 0 Å². The molecule has 7 heteroatoms. The third-order valence-corrected chi connectivity index (χ3v) is 7.11. The quantitative estimate of drug-likeness (QED) is 0.408. The van der Waals surface area contributed by atoms with Crippen LogP contribution in [-0.4, -0.2) is 27.6 Å². The lowest BCUT2D eigenvalue weighted by Gasteiger charge is -2.16. The van der Waals surface area contributed by atoms with Crippen molar-refractivity contribution in [3.63, 3.8) is 0 Å². The monoisotopic (exact) mass is 448 g/mol. The summed E-state index contributed by atoms with van der Waals surface area (Å²) < 4.78 is 37.9. The summed E-state index contributed by atoms with van der Waals surface area (Å²) >= 11 is 0. The highest BCUT2D eigenvalue weighted by Crippen LogP contribution is 2.37. The van der Waals surface area contributed by atoms with Crippen molar-refractivity contribution < 1.29 is 17.9 Å². The summed E-state index contributed by atoms with van der Waals surface area (Å²) in [6.07, 6.45) is 2.25. The standard InChI is InChI=1S/C25H24N2O4S/c1-4-17-9-12-19(13-10-17)32(28,29)24-16-26-21-8-6-5-7-20(21)25(24)27-18-11-14-22(30-2)23(15-18)31-3/h5-16H,4H2,1-3H3,(H,26,27). The van der Waals surface area contributed by atoms with Gasteiger partial charge in [0.25, 0.3) is 0 Å². The Morgan fingerprint density at radius 1 is 0.906 bits per heavy atom. The average molecular weight is 449 g/mol. The summed E-state index contributed by atoms with van der Waals surface area (Å²) in [5.41, 5.74) is 2.89. The minimum atomic E-state index is -3.82. The molecule has 32 heavy (non-hydrogen) atoms. The van der Waals surface area contributed by atoms with Gasteiger partial charge in [-0.1, -0.05) is 37.3 Å². The zero-order chi connectivity index (χ0) is 22.7. The molecule has 1 heterocycles. The van der Waals surface area contributed by atoms with E-state index in [9.17, 15) is 8.42 Å². The van der Waals surface area contributed by atoms with E-state index in [4.69, 9.17) is 9.47 Å². The molecule has 3 aromatic carbocycles. The SMILES string of the molecule is CCc1ccc(S(=O)(=O)c2cnc3ccccc3c2Nc2ccc(OC)c(OC)c2)cc1. The molecule has 0 saturated carbocycles. The fraction of sp³-hybridized carbons (Fsp3) is 0.160. The lowest BCUT2D eigenvalue weighted by molar-refractivity contribution is 0.355. The summed E-state index contributed by atoms with van der Waals surface area (Å²) in [4.78, 5) is 4.74. The van der Waals surface area contributed by atoms with Crippen molar-refractivity contribution in [1.82, 2.24) is 4.98 Å². The fourth-order valence-electron chi connectivity index (χ4n) is 3.55. The number of para-hydroxylation sites is 1. The van der Waals surface area contributed by atoms with E-state index in [0.717, 1.165) is 12.0 Å². The predicted octanol–water partition coefficient (Wildman–Crippen LogP) is 5.39. The number of benzene rings is 3. The Kier molecular flexibility index (Phi) is 6.01. The van der Waals surface area contributed by atoms with Gasteiger partial charge in [-0.05, 0) is 42.3 Å². The van der Waals surface area contributed by atoms with Crippen LogP contribution in [0.1, 0.15) is 12.5 Å². The molecule has 1 aromatic heterocycles. The second-order valence-electron chi connectivity index (χ2n) is 7.21. The molecule has 0 spiro atoms. The third-order valence-electron chi connectivity index (χ3n) is 5.32. The van der Waals surface area contributed by atoms with Crippen LogP contribution in [0.15, 0.2) is 82.7 Å². The first-order valence-corrected chi connectivity index (χ1v) is 11.7. The summed E-state index contributed by atoms with van der Waals surface area (Å²) in [6.45, 7) is 2.03. The first-order valence-electron chi connectivity index (χ1n) is 10.2. The van der Waals surface area contributed by atoms with Gasteiger partial charge in [0.05, 0.1) is 30.3 Å². The molecule has 0 bridgehead atoms. The maximum absolute atomic E-state index is 13.6. The number of ether oxygens (including phenoxy) is 2. The van der Waals surface area contributed by atoms with E-state index in [1.165, 1.54) is 6.20 Å². The average Bonchev–Trinajstić information content (AvgIpc) is 2.84. The van der Waals surface area contributed by atoms with Crippen LogP contribution in [-0.2, 0) is 16.3 Å². The summed E-state index contributed by atoms with van der Waals surface area (Å²) in [6, 6.07) is 19.7. The number of nitrogens with one attached hydrogen (secondary N) is 1. The van der Waals surface area contributed by atoms with E-state index >= 15 is 0 Å². The van der Waals surface area contributed by atoms with Gasteiger partial charge in [0.1, 0.15) is 4.90 Å². The third kappa shape index (κ3) is 3.99. The van der Waals surface area contributed by atoms with Crippen molar-refractivity contribution in [2.24, 2.45) is 0 Å². The van der Waals surface area contributed by atoms with Gasteiger partial charge < -0.3 is 14.8 Å². The van der Waals surface area contributed by atoms with E-state index in [2.05, 4.69) is 10.3 Å². The number of aromatic nitrogens is 1. The van der Waals surface area contributed by atoms with Gasteiger partial charge in [-0.25, -0.2) is 8.42 Å². The van der Waals surface area contributed by atoms with Gasteiger partial charge in [0.15, 0.2) is 11.5 Å². The topological polar surface area (TPSA) is 77.5 Å². The second kappa shape index (κ2) is 8.88. The summed E-state index contributed by atoms with van der Waals surface area (Å²) in [5, 5.41) is 3.99. The molecule has 0 atom stereocenters. The Balaban J connectivity index is 1.88. The number of hydrogen-bond acceptors (Lipinski definition) is 6. The Labute approximate surface area is 187 Å². The Morgan fingerprint density at radius 3 is 2.31 bits per heavy atom. The smallest absolute Gasteiger partial charge is 0.210 e. The van der Waals surface area contributed by atoms with Crippen LogP contribution < -0.4 is 14.8 Å². The van der Waals surface area contributed by atoms with Crippen molar-refractivity contribution in [2.45, 2.75) is 23.1 Å². The normalized spacial score (nSPS) is 11.3. The van der Waals surface area contributed by atoms with E-state index in [0.29, 0.717) is 33.8 Å². The van der Waals surface area contributed by atoms with E-state index < -0.39 is 9.84 Å². The molecule has 0 amide bonds. The molecule has 1 N–H and O–H groups in total. The number of methoxy groups -OCH3 is 2. The number of rotatable bonds is 7. The zero-order valence-corrected chi connectivity index (χ0v) is 18.9. The van der Waals surface area contributed by atoms with Gasteiger partial charge in [0, 0.05) is 23.3 Å². The Morgan fingerprint density at radius 2 is 1.62 bits per heavy atom. The minimum absolute atomic E-state index is 0.107. The maximum Gasteiger partial charge on any atom is 0.210 e. The Hall–Kier alpha value is -3.58. The van der Waals surface area contributed by atoms with Crippen LogP contribution in [0.5, 0.6) is 11.5 Å². The summed E-state index contributed by atoms with van der Waals surface area (Å²) in [5.74, 6) is 1.12. The molecule has 0 radical (unpaired) electrons. The molecule has 0 aliphatic carbocycles. The number of anilines is 2. The van der Waals surface area contributed by atoms with Crippen LogP contribution in [0.25, 0.3) is 10.9 Å². The van der Waals surface area contributed by atoms with Crippen LogP contribution in [0, 0.1) is 0 Å². The van der Waals surface area contributed by atoms with Crippen molar-refractivity contribution in [2.75, 3.05) is 19.5 Å². The lowest BCUT2D eigenvalue weighted by atomic mass is 10.1. The van der Waals surface area contributed by atoms with E-state index in [1.54, 1.807) is 38.5 Å². The van der Waals surface area contributed by atoms with Crippen molar-refractivity contribution in [1.29, 1.82) is 0 Å². The number of hydrogen-bond donors (Lipinski definition) is 1. The molecule has 0 unspecified atom stereocenters. The van der Waals surface area contributed by atoms with E-state index in [-0.39, 0.29) is 9.79 Å². The molecule has 4 aromatic rings. The molecule has 6 nitrogen and oxygen atoms in total. The van der Waals surface area contributed by atoms with Gasteiger partial charge in [-0.15, -0.1) is 0 Å². The first kappa shape index (κ1) is 21.6. The number of pyridine rings is 1. The largest absolute Gasteiger partial charge is 0.493 e. The molecular weight excluding hydrogens is 424 g/mol. The van der Waals surface area contributed by atoms with E-state index in [1.807, 2.05) is 49.4 Å². The predicted molar refractivity (Wildman–Crippen MR) is 126 cm³/mol. The lowest BCUT2D eigenvalue weighted by Crippen LogP contribution is -2.07. The Bertz CT molecular complexity index is 1370. The van der Waals surface area contributed by atoms with Gasteiger partial charge in [-0.2, -0.15) is 0 Å². The minimum Gasteiger partial charge on any atom is -0.493 e. The van der Waals surface area contributed by atoms with Gasteiger partial charge >= 0.3 is 0 Å². The van der Waals surface area contributed by atoms with Crippen molar-refractivity contribution in [3.05, 3.63) is 78.5 Å². The van der Waals surface area contributed by atoms with Crippen LogP contribution in [0.4, 0.5) is 11.4 Å². The first-order chi connectivity index (χ1) is 15.5. The van der Waals surface area contributed by atoms with Crippen LogP contribution in [0.2, 0.25) is 0 Å². The molecular formula is C25H24N2O4S. The van der Waals surface area contributed by atoms with Crippen LogP contribution in [0.3, 0.4) is 0 Å². The van der Waals surface area contributed by atoms with Gasteiger partial charge in [0.2, 0.25) is 9.84 Å². The van der Waals surface area contributed by atoms with Gasteiger partial charge in [-0.3, -0.25) is 4.98 Å². The maximum atomic E-state index is 13.6. The molecule has 0 aliphatic heterocycles. The number of nitrogens with zero attached hydrogens (tertiary/aromatic N) is 1. The van der Waals surface area contributed by atoms with Crippen molar-refractivity contribution >= 4 is 32.1 Å². The highest BCUT2D eigenvalue weighted by atomic mass is 32.2. The molecule has 0 fully saturated rings. The fourth-order valence-corrected chi connectivity index (χ4v) is 4.91. The molecule has 0 aliphatic rings. The highest BCUT2D eigenvalue weighted by Gasteiger charge is 2.24. The molecule has 164 valence electrons. The number of fused-ring (bicyclic) bond motifs is 1. The molecule has 0 saturated heterocycles. The zero-order valence-electron chi connectivity index (χ0n) is 18.1.